The number of ether oxygens (including phenoxy) is 1. The van der Waals surface area contributed by atoms with Crippen LogP contribution in [-0.2, 0) is 11.4 Å². The topological polar surface area (TPSA) is 29.5 Å². The van der Waals surface area contributed by atoms with E-state index in [0.29, 0.717) is 20.9 Å². The summed E-state index contributed by atoms with van der Waals surface area (Å²) in [6.45, 7) is 0.454. The van der Waals surface area contributed by atoms with Crippen molar-refractivity contribution >= 4 is 67.8 Å². The number of carbonyl (C=O) groups is 1. The van der Waals surface area contributed by atoms with Gasteiger partial charge in [0.1, 0.15) is 16.7 Å². The molecule has 4 rings (SSSR count). The van der Waals surface area contributed by atoms with Gasteiger partial charge in [0.25, 0.3) is 5.91 Å². The first-order valence-corrected chi connectivity index (χ1v) is 12.3. The first-order valence-electron chi connectivity index (χ1n) is 9.95. The van der Waals surface area contributed by atoms with E-state index in [1.54, 1.807) is 0 Å². The molecule has 0 bridgehead atoms. The Morgan fingerprint density at radius 1 is 1.17 bits per heavy atom. The normalized spacial score (nSPS) is 19.0. The fourth-order valence-corrected chi connectivity index (χ4v) is 5.79. The quantitative estimate of drug-likeness (QED) is 0.306. The van der Waals surface area contributed by atoms with E-state index in [9.17, 15) is 4.79 Å². The molecule has 30 heavy (non-hydrogen) atoms. The Balaban J connectivity index is 1.44. The molecule has 0 aromatic heterocycles. The molecular weight excluding hydrogens is 502 g/mol. The number of rotatable bonds is 5. The maximum atomic E-state index is 13.0. The predicted molar refractivity (Wildman–Crippen MR) is 132 cm³/mol. The van der Waals surface area contributed by atoms with Crippen molar-refractivity contribution in [1.82, 2.24) is 4.90 Å². The van der Waals surface area contributed by atoms with Gasteiger partial charge in [-0.3, -0.25) is 9.69 Å². The standard InChI is InChI=1S/C23H21BrClNO2S2/c24-19-12-16(8-11-20(19)28-14-15-6-9-17(25)10-7-15)13-21-22(27)26(23(29)30-21)18-4-2-1-3-5-18/h6-13,18H,1-5,14H2/b21-13-. The van der Waals surface area contributed by atoms with Crippen molar-refractivity contribution in [2.75, 3.05) is 0 Å². The number of carbonyl (C=O) groups excluding carboxylic acids is 1. The molecule has 2 fully saturated rings. The van der Waals surface area contributed by atoms with Gasteiger partial charge < -0.3 is 4.74 Å². The summed E-state index contributed by atoms with van der Waals surface area (Å²) in [6.07, 6.45) is 7.60. The second-order valence-electron chi connectivity index (χ2n) is 7.45. The molecule has 1 aliphatic heterocycles. The maximum absolute atomic E-state index is 13.0. The van der Waals surface area contributed by atoms with Crippen molar-refractivity contribution in [2.45, 2.75) is 44.8 Å². The molecule has 0 unspecified atom stereocenters. The van der Waals surface area contributed by atoms with Crippen LogP contribution in [0.1, 0.15) is 43.2 Å². The molecule has 1 aliphatic carbocycles. The molecule has 0 atom stereocenters. The second-order valence-corrected chi connectivity index (χ2v) is 10.4. The van der Waals surface area contributed by atoms with Gasteiger partial charge in [0.15, 0.2) is 0 Å². The third-order valence-electron chi connectivity index (χ3n) is 5.32. The summed E-state index contributed by atoms with van der Waals surface area (Å²) in [5.41, 5.74) is 1.98. The van der Waals surface area contributed by atoms with Crippen LogP contribution < -0.4 is 4.74 Å². The average molecular weight is 523 g/mol. The molecule has 2 aromatic carbocycles. The van der Waals surface area contributed by atoms with Gasteiger partial charge in [-0.25, -0.2) is 0 Å². The van der Waals surface area contributed by atoms with Gasteiger partial charge in [0, 0.05) is 11.1 Å². The molecule has 156 valence electrons. The highest BCUT2D eigenvalue weighted by Crippen LogP contribution is 2.38. The first kappa shape index (κ1) is 21.9. The highest BCUT2D eigenvalue weighted by molar-refractivity contribution is 9.10. The van der Waals surface area contributed by atoms with E-state index in [1.807, 2.05) is 53.4 Å². The van der Waals surface area contributed by atoms with Gasteiger partial charge in [0.05, 0.1) is 9.38 Å². The Morgan fingerprint density at radius 2 is 1.90 bits per heavy atom. The Kier molecular flexibility index (Phi) is 7.19. The maximum Gasteiger partial charge on any atom is 0.266 e. The van der Waals surface area contributed by atoms with Crippen LogP contribution in [0.25, 0.3) is 6.08 Å². The van der Waals surface area contributed by atoms with E-state index in [1.165, 1.54) is 31.0 Å². The van der Waals surface area contributed by atoms with Crippen LogP contribution in [0.4, 0.5) is 0 Å². The fraction of sp³-hybridized carbons (Fsp3) is 0.304. The summed E-state index contributed by atoms with van der Waals surface area (Å²) in [6, 6.07) is 13.7. The van der Waals surface area contributed by atoms with E-state index in [2.05, 4.69) is 15.9 Å². The highest BCUT2D eigenvalue weighted by Gasteiger charge is 2.37. The number of thiocarbonyl (C=S) groups is 1. The third-order valence-corrected chi connectivity index (χ3v) is 7.53. The molecule has 0 spiro atoms. The lowest BCUT2D eigenvalue weighted by Gasteiger charge is -2.29. The van der Waals surface area contributed by atoms with Crippen molar-refractivity contribution in [2.24, 2.45) is 0 Å². The zero-order valence-corrected chi connectivity index (χ0v) is 20.2. The fourth-order valence-electron chi connectivity index (χ4n) is 3.75. The summed E-state index contributed by atoms with van der Waals surface area (Å²) >= 11 is 16.4. The first-order chi connectivity index (χ1) is 14.5. The lowest BCUT2D eigenvalue weighted by atomic mass is 9.94. The number of thioether (sulfide) groups is 1. The summed E-state index contributed by atoms with van der Waals surface area (Å²) in [5, 5.41) is 0.707. The monoisotopic (exact) mass is 521 g/mol. The molecule has 1 heterocycles. The summed E-state index contributed by atoms with van der Waals surface area (Å²) in [4.78, 5) is 15.5. The van der Waals surface area contributed by atoms with Gasteiger partial charge in [-0.1, -0.05) is 73.0 Å². The lowest BCUT2D eigenvalue weighted by molar-refractivity contribution is -0.124. The van der Waals surface area contributed by atoms with Crippen molar-refractivity contribution < 1.29 is 9.53 Å². The van der Waals surface area contributed by atoms with Crippen LogP contribution in [-0.4, -0.2) is 21.2 Å². The van der Waals surface area contributed by atoms with Crippen LogP contribution >= 0.6 is 51.5 Å². The summed E-state index contributed by atoms with van der Waals surface area (Å²) < 4.78 is 7.43. The zero-order valence-electron chi connectivity index (χ0n) is 16.3. The predicted octanol–water partition coefficient (Wildman–Crippen LogP) is 7.22. The summed E-state index contributed by atoms with van der Waals surface area (Å²) in [5.74, 6) is 0.785. The van der Waals surface area contributed by atoms with Crippen molar-refractivity contribution in [1.29, 1.82) is 0 Å². The Labute approximate surface area is 199 Å². The number of hydrogen-bond donors (Lipinski definition) is 0. The largest absolute Gasteiger partial charge is 0.488 e. The molecule has 3 nitrogen and oxygen atoms in total. The van der Waals surface area contributed by atoms with E-state index >= 15 is 0 Å². The number of amides is 1. The molecular formula is C23H21BrClNO2S2. The number of nitrogens with zero attached hydrogens (tertiary/aromatic N) is 1. The van der Waals surface area contributed by atoms with Gasteiger partial charge >= 0.3 is 0 Å². The van der Waals surface area contributed by atoms with E-state index in [4.69, 9.17) is 28.6 Å². The second kappa shape index (κ2) is 9.86. The van der Waals surface area contributed by atoms with Crippen LogP contribution in [0.3, 0.4) is 0 Å². The van der Waals surface area contributed by atoms with E-state index in [-0.39, 0.29) is 11.9 Å². The number of benzene rings is 2. The molecule has 1 amide bonds. The SMILES string of the molecule is O=C1/C(=C/c2ccc(OCc3ccc(Cl)cc3)c(Br)c2)SC(=S)N1C1CCCCC1. The van der Waals surface area contributed by atoms with Crippen molar-refractivity contribution in [3.63, 3.8) is 0 Å². The molecule has 0 N–H and O–H groups in total. The smallest absolute Gasteiger partial charge is 0.266 e. The van der Waals surface area contributed by atoms with Gasteiger partial charge in [0.2, 0.25) is 0 Å². The number of hydrogen-bond acceptors (Lipinski definition) is 4. The van der Waals surface area contributed by atoms with Gasteiger partial charge in [-0.05, 0) is 70.2 Å². The van der Waals surface area contributed by atoms with Gasteiger partial charge in [-0.2, -0.15) is 0 Å². The highest BCUT2D eigenvalue weighted by atomic mass is 79.9. The minimum Gasteiger partial charge on any atom is -0.488 e. The Bertz CT molecular complexity index is 987. The van der Waals surface area contributed by atoms with Crippen molar-refractivity contribution in [3.05, 3.63) is 68.0 Å². The van der Waals surface area contributed by atoms with Gasteiger partial charge in [-0.15, -0.1) is 0 Å². The summed E-state index contributed by atoms with van der Waals surface area (Å²) in [7, 11) is 0. The molecule has 2 aliphatic rings. The van der Waals surface area contributed by atoms with Crippen LogP contribution in [0.15, 0.2) is 51.8 Å². The molecule has 1 saturated carbocycles. The van der Waals surface area contributed by atoms with E-state index < -0.39 is 0 Å². The Morgan fingerprint density at radius 3 is 2.60 bits per heavy atom. The zero-order chi connectivity index (χ0) is 21.1. The number of halogens is 2. The minimum atomic E-state index is 0.0380. The van der Waals surface area contributed by atoms with E-state index in [0.717, 1.165) is 34.2 Å². The molecule has 7 heteroatoms. The molecule has 1 saturated heterocycles. The Hall–Kier alpha value is -1.34. The molecule has 0 radical (unpaired) electrons. The lowest BCUT2D eigenvalue weighted by Crippen LogP contribution is -2.39. The third kappa shape index (κ3) is 5.10. The molecule has 2 aromatic rings. The van der Waals surface area contributed by atoms with Crippen molar-refractivity contribution in [3.8, 4) is 5.75 Å². The average Bonchev–Trinajstić information content (AvgIpc) is 3.02. The van der Waals surface area contributed by atoms with Crippen LogP contribution in [0.2, 0.25) is 5.02 Å². The minimum absolute atomic E-state index is 0.0380. The van der Waals surface area contributed by atoms with Crippen LogP contribution in [0, 0.1) is 0 Å². The van der Waals surface area contributed by atoms with Crippen LogP contribution in [0.5, 0.6) is 5.75 Å².